The normalized spacial score (nSPS) is 20.0. The van der Waals surface area contributed by atoms with Crippen LogP contribution in [-0.4, -0.2) is 71.7 Å². The molecular formula is C32H43N7O4. The molecule has 11 heteroatoms. The van der Waals surface area contributed by atoms with Crippen molar-refractivity contribution in [2.45, 2.75) is 82.0 Å². The van der Waals surface area contributed by atoms with Gasteiger partial charge in [0.05, 0.1) is 6.42 Å². The van der Waals surface area contributed by atoms with Gasteiger partial charge in [-0.25, -0.2) is 0 Å². The van der Waals surface area contributed by atoms with Gasteiger partial charge in [0.25, 0.3) is 0 Å². The summed E-state index contributed by atoms with van der Waals surface area (Å²) < 4.78 is 0. The first-order chi connectivity index (χ1) is 20.8. The minimum Gasteiger partial charge on any atom is -0.370 e. The Balaban J connectivity index is 1.33. The molecule has 0 radical (unpaired) electrons. The molecule has 4 atom stereocenters. The molecule has 2 heterocycles. The number of hydrogen-bond donors (Lipinski definition) is 6. The number of carbonyl (C=O) groups excluding carboxylic acids is 4. The van der Waals surface area contributed by atoms with Gasteiger partial charge in [-0.2, -0.15) is 0 Å². The van der Waals surface area contributed by atoms with E-state index >= 15 is 0 Å². The number of hydrogen-bond acceptors (Lipinski definition) is 5. The van der Waals surface area contributed by atoms with E-state index in [1.165, 1.54) is 5.56 Å². The summed E-state index contributed by atoms with van der Waals surface area (Å²) in [6.07, 6.45) is 5.05. The molecule has 2 aliphatic heterocycles. The van der Waals surface area contributed by atoms with Crippen LogP contribution in [-0.2, 0) is 32.0 Å². The summed E-state index contributed by atoms with van der Waals surface area (Å²) in [5.74, 6) is -1.28. The Kier molecular flexibility index (Phi) is 11.5. The third-order valence-corrected chi connectivity index (χ3v) is 8.09. The SMILES string of the molecule is N=C(N)NCCCC(NC(=O)[C@@H]1CCC2CCC(NC(=O)Cc3ccccc3)C(=O)N21)C(=O)NCCCc1ccccc1. The first-order valence-corrected chi connectivity index (χ1v) is 15.2. The average molecular weight is 590 g/mol. The maximum Gasteiger partial charge on any atom is 0.246 e. The van der Waals surface area contributed by atoms with Crippen LogP contribution in [0.25, 0.3) is 0 Å². The van der Waals surface area contributed by atoms with Crippen LogP contribution in [0.5, 0.6) is 0 Å². The molecule has 2 fully saturated rings. The first kappa shape index (κ1) is 31.5. The molecule has 2 aromatic carbocycles. The molecule has 4 amide bonds. The van der Waals surface area contributed by atoms with Crippen molar-refractivity contribution in [3.05, 3.63) is 71.8 Å². The fourth-order valence-electron chi connectivity index (χ4n) is 5.92. The highest BCUT2D eigenvalue weighted by Crippen LogP contribution is 2.33. The predicted molar refractivity (Wildman–Crippen MR) is 164 cm³/mol. The number of nitrogens with two attached hydrogens (primary N) is 1. The van der Waals surface area contributed by atoms with Crippen LogP contribution in [0.15, 0.2) is 60.7 Å². The first-order valence-electron chi connectivity index (χ1n) is 15.2. The summed E-state index contributed by atoms with van der Waals surface area (Å²) in [7, 11) is 0. The van der Waals surface area contributed by atoms with Crippen molar-refractivity contribution < 1.29 is 19.2 Å². The number of amides is 4. The van der Waals surface area contributed by atoms with Crippen LogP contribution in [0, 0.1) is 5.41 Å². The minimum absolute atomic E-state index is 0.0597. The molecule has 0 aliphatic carbocycles. The molecule has 3 unspecified atom stereocenters. The number of piperidine rings is 1. The average Bonchev–Trinajstić information content (AvgIpc) is 3.44. The molecule has 43 heavy (non-hydrogen) atoms. The van der Waals surface area contributed by atoms with Gasteiger partial charge in [0.2, 0.25) is 23.6 Å². The monoisotopic (exact) mass is 589 g/mol. The maximum atomic E-state index is 13.5. The fourth-order valence-corrected chi connectivity index (χ4v) is 5.92. The number of fused-ring (bicyclic) bond motifs is 1. The molecule has 2 saturated heterocycles. The van der Waals surface area contributed by atoms with Crippen LogP contribution in [0.1, 0.15) is 56.1 Å². The highest BCUT2D eigenvalue weighted by Gasteiger charge is 2.46. The molecule has 2 aromatic rings. The van der Waals surface area contributed by atoms with Gasteiger partial charge in [0.15, 0.2) is 5.96 Å². The number of rotatable bonds is 14. The van der Waals surface area contributed by atoms with E-state index in [1.807, 2.05) is 60.7 Å². The zero-order valence-electron chi connectivity index (χ0n) is 24.5. The summed E-state index contributed by atoms with van der Waals surface area (Å²) >= 11 is 0. The van der Waals surface area contributed by atoms with E-state index in [4.69, 9.17) is 11.1 Å². The lowest BCUT2D eigenvalue weighted by atomic mass is 9.97. The predicted octanol–water partition coefficient (Wildman–Crippen LogP) is 1.36. The standard InChI is InChI=1S/C32H43N7O4/c33-32(34)36-20-8-14-25(29(41)35-19-7-13-22-9-3-1-4-10-22)38-30(42)27-18-16-24-15-17-26(31(43)39(24)27)37-28(40)21-23-11-5-2-6-12-23/h1-6,9-12,24-27H,7-8,13-21H2,(H,35,41)(H,37,40)(H,38,42)(H4,33,34,36)/t24?,25?,26?,27-/m0/s1. The minimum atomic E-state index is -0.793. The van der Waals surface area contributed by atoms with Crippen LogP contribution in [0.3, 0.4) is 0 Å². The number of nitrogens with one attached hydrogen (secondary N) is 5. The van der Waals surface area contributed by atoms with Gasteiger partial charge in [0.1, 0.15) is 18.1 Å². The highest BCUT2D eigenvalue weighted by atomic mass is 16.2. The van der Waals surface area contributed by atoms with Crippen molar-refractivity contribution in [2.24, 2.45) is 5.73 Å². The maximum absolute atomic E-state index is 13.5. The third-order valence-electron chi connectivity index (χ3n) is 8.09. The van der Waals surface area contributed by atoms with Gasteiger partial charge in [-0.3, -0.25) is 24.6 Å². The van der Waals surface area contributed by atoms with Crippen molar-refractivity contribution in [1.82, 2.24) is 26.2 Å². The van der Waals surface area contributed by atoms with E-state index in [0.717, 1.165) is 18.4 Å². The van der Waals surface area contributed by atoms with Crippen LogP contribution in [0.4, 0.5) is 0 Å². The molecule has 7 N–H and O–H groups in total. The summed E-state index contributed by atoms with van der Waals surface area (Å²) in [4.78, 5) is 54.5. The second-order valence-corrected chi connectivity index (χ2v) is 11.3. The summed E-state index contributed by atoms with van der Waals surface area (Å²) in [6.45, 7) is 0.857. The Morgan fingerprint density at radius 2 is 1.53 bits per heavy atom. The van der Waals surface area contributed by atoms with Gasteiger partial charge in [-0.05, 0) is 62.5 Å². The molecule has 230 valence electrons. The lowest BCUT2D eigenvalue weighted by Gasteiger charge is -2.38. The zero-order chi connectivity index (χ0) is 30.6. The Bertz CT molecular complexity index is 1260. The zero-order valence-corrected chi connectivity index (χ0v) is 24.5. The van der Waals surface area contributed by atoms with Crippen molar-refractivity contribution >= 4 is 29.6 Å². The van der Waals surface area contributed by atoms with Gasteiger partial charge in [-0.1, -0.05) is 60.7 Å². The number of aryl methyl sites for hydroxylation is 1. The fraction of sp³-hybridized carbons (Fsp3) is 0.469. The van der Waals surface area contributed by atoms with Gasteiger partial charge < -0.3 is 31.9 Å². The smallest absolute Gasteiger partial charge is 0.246 e. The molecule has 0 bridgehead atoms. The van der Waals surface area contributed by atoms with Gasteiger partial charge >= 0.3 is 0 Å². The van der Waals surface area contributed by atoms with Gasteiger partial charge in [0, 0.05) is 19.1 Å². The quantitative estimate of drug-likeness (QED) is 0.110. The Morgan fingerprint density at radius 3 is 2.23 bits per heavy atom. The summed E-state index contributed by atoms with van der Waals surface area (Å²) in [5, 5.41) is 18.8. The Labute approximate surface area is 252 Å². The molecule has 2 aliphatic rings. The lowest BCUT2D eigenvalue weighted by Crippen LogP contribution is -2.60. The van der Waals surface area contributed by atoms with Crippen molar-refractivity contribution in [3.63, 3.8) is 0 Å². The second-order valence-electron chi connectivity index (χ2n) is 11.3. The van der Waals surface area contributed by atoms with E-state index in [-0.39, 0.29) is 42.1 Å². The molecular weight excluding hydrogens is 546 g/mol. The van der Waals surface area contributed by atoms with Crippen molar-refractivity contribution in [2.75, 3.05) is 13.1 Å². The number of nitrogens with zero attached hydrogens (tertiary/aromatic N) is 1. The van der Waals surface area contributed by atoms with E-state index in [1.54, 1.807) is 4.90 Å². The van der Waals surface area contributed by atoms with E-state index < -0.39 is 18.1 Å². The molecule has 0 spiro atoms. The molecule has 0 saturated carbocycles. The Morgan fingerprint density at radius 1 is 0.884 bits per heavy atom. The second kappa shape index (κ2) is 15.7. The van der Waals surface area contributed by atoms with E-state index in [2.05, 4.69) is 21.3 Å². The highest BCUT2D eigenvalue weighted by molar-refractivity contribution is 5.95. The number of guanidine groups is 1. The summed E-state index contributed by atoms with van der Waals surface area (Å²) in [6, 6.07) is 17.1. The number of carbonyl (C=O) groups is 4. The van der Waals surface area contributed by atoms with Crippen LogP contribution >= 0.6 is 0 Å². The molecule has 0 aromatic heterocycles. The summed E-state index contributed by atoms with van der Waals surface area (Å²) in [5.41, 5.74) is 7.43. The molecule has 11 nitrogen and oxygen atoms in total. The number of benzene rings is 2. The lowest BCUT2D eigenvalue weighted by molar-refractivity contribution is -0.146. The molecule has 4 rings (SSSR count). The van der Waals surface area contributed by atoms with Crippen molar-refractivity contribution in [3.8, 4) is 0 Å². The topological polar surface area (TPSA) is 170 Å². The van der Waals surface area contributed by atoms with Crippen molar-refractivity contribution in [1.29, 1.82) is 5.41 Å². The third kappa shape index (κ3) is 9.29. The van der Waals surface area contributed by atoms with Crippen LogP contribution in [0.2, 0.25) is 0 Å². The van der Waals surface area contributed by atoms with Crippen LogP contribution < -0.4 is 27.0 Å². The largest absolute Gasteiger partial charge is 0.370 e. The Hall–Kier alpha value is -4.41. The van der Waals surface area contributed by atoms with E-state index in [0.29, 0.717) is 51.6 Å². The van der Waals surface area contributed by atoms with E-state index in [9.17, 15) is 19.2 Å². The van der Waals surface area contributed by atoms with Gasteiger partial charge in [-0.15, -0.1) is 0 Å².